The highest BCUT2D eigenvalue weighted by atomic mass is 79.9. The number of halogens is 1. The number of rotatable bonds is 6. The van der Waals surface area contributed by atoms with Gasteiger partial charge in [-0.3, -0.25) is 11.3 Å². The van der Waals surface area contributed by atoms with E-state index in [1.54, 1.807) is 0 Å². The molecule has 0 radical (unpaired) electrons. The van der Waals surface area contributed by atoms with Crippen LogP contribution in [0.15, 0.2) is 53.0 Å². The molecule has 1 atom stereocenters. The SMILES string of the molecule is Cc1cc(Br)cc(C(CCCc2ccccc2)NN)c1. The van der Waals surface area contributed by atoms with Crippen LogP contribution in [0, 0.1) is 6.92 Å². The Kier molecular flexibility index (Phi) is 5.77. The van der Waals surface area contributed by atoms with Crippen LogP contribution in [0.2, 0.25) is 0 Å². The van der Waals surface area contributed by atoms with Crippen LogP contribution in [0.3, 0.4) is 0 Å². The molecule has 0 aliphatic rings. The average molecular weight is 333 g/mol. The molecule has 0 saturated carbocycles. The zero-order chi connectivity index (χ0) is 14.4. The van der Waals surface area contributed by atoms with Gasteiger partial charge in [-0.05, 0) is 55.0 Å². The summed E-state index contributed by atoms with van der Waals surface area (Å²) in [6, 6.07) is 17.2. The third kappa shape index (κ3) is 4.44. The largest absolute Gasteiger partial charge is 0.271 e. The molecule has 0 aliphatic heterocycles. The van der Waals surface area contributed by atoms with Crippen LogP contribution in [0.4, 0.5) is 0 Å². The van der Waals surface area contributed by atoms with E-state index in [-0.39, 0.29) is 6.04 Å². The summed E-state index contributed by atoms with van der Waals surface area (Å²) in [4.78, 5) is 0. The van der Waals surface area contributed by atoms with Gasteiger partial charge in [0.25, 0.3) is 0 Å². The van der Waals surface area contributed by atoms with Gasteiger partial charge < -0.3 is 0 Å². The predicted molar refractivity (Wildman–Crippen MR) is 88.3 cm³/mol. The van der Waals surface area contributed by atoms with Gasteiger partial charge in [-0.15, -0.1) is 0 Å². The van der Waals surface area contributed by atoms with Crippen molar-refractivity contribution in [1.82, 2.24) is 5.43 Å². The van der Waals surface area contributed by atoms with Gasteiger partial charge in [0.05, 0.1) is 0 Å². The molecular weight excluding hydrogens is 312 g/mol. The number of benzene rings is 2. The number of aryl methyl sites for hydroxylation is 2. The monoisotopic (exact) mass is 332 g/mol. The Morgan fingerprint density at radius 1 is 1.15 bits per heavy atom. The van der Waals surface area contributed by atoms with Gasteiger partial charge in [-0.25, -0.2) is 0 Å². The maximum Gasteiger partial charge on any atom is 0.0460 e. The lowest BCUT2D eigenvalue weighted by Crippen LogP contribution is -2.28. The Labute approximate surface area is 129 Å². The molecule has 0 fully saturated rings. The highest BCUT2D eigenvalue weighted by Gasteiger charge is 2.10. The molecule has 20 heavy (non-hydrogen) atoms. The second-order valence-electron chi connectivity index (χ2n) is 5.16. The molecule has 106 valence electrons. The molecule has 0 saturated heterocycles. The Hall–Kier alpha value is -1.16. The van der Waals surface area contributed by atoms with E-state index >= 15 is 0 Å². The summed E-state index contributed by atoms with van der Waals surface area (Å²) in [5.74, 6) is 5.72. The quantitative estimate of drug-likeness (QED) is 0.611. The lowest BCUT2D eigenvalue weighted by Gasteiger charge is -2.17. The summed E-state index contributed by atoms with van der Waals surface area (Å²) in [6.07, 6.45) is 3.23. The molecule has 2 nitrogen and oxygen atoms in total. The second-order valence-corrected chi connectivity index (χ2v) is 6.07. The number of hydrogen-bond donors (Lipinski definition) is 2. The number of nitrogens with two attached hydrogens (primary N) is 1. The maximum atomic E-state index is 5.72. The number of hydrazine groups is 1. The fourth-order valence-electron chi connectivity index (χ4n) is 2.47. The van der Waals surface area contributed by atoms with E-state index in [1.165, 1.54) is 16.7 Å². The Morgan fingerprint density at radius 2 is 1.90 bits per heavy atom. The van der Waals surface area contributed by atoms with Crippen LogP contribution in [0.25, 0.3) is 0 Å². The van der Waals surface area contributed by atoms with Gasteiger partial charge in [-0.2, -0.15) is 0 Å². The van der Waals surface area contributed by atoms with E-state index in [2.05, 4.69) is 76.8 Å². The Bertz CT molecular complexity index is 520. The first-order chi connectivity index (χ1) is 9.69. The zero-order valence-electron chi connectivity index (χ0n) is 11.8. The summed E-state index contributed by atoms with van der Waals surface area (Å²) in [5.41, 5.74) is 6.81. The maximum absolute atomic E-state index is 5.72. The van der Waals surface area contributed by atoms with Crippen molar-refractivity contribution in [3.8, 4) is 0 Å². The normalized spacial score (nSPS) is 12.3. The molecule has 0 spiro atoms. The summed E-state index contributed by atoms with van der Waals surface area (Å²) in [6.45, 7) is 2.10. The van der Waals surface area contributed by atoms with E-state index in [9.17, 15) is 0 Å². The van der Waals surface area contributed by atoms with E-state index in [0.29, 0.717) is 0 Å². The molecule has 3 N–H and O–H groups in total. The minimum absolute atomic E-state index is 0.204. The van der Waals surface area contributed by atoms with Gasteiger partial charge in [0.2, 0.25) is 0 Å². The fourth-order valence-corrected chi connectivity index (χ4v) is 3.09. The van der Waals surface area contributed by atoms with Crippen molar-refractivity contribution in [2.45, 2.75) is 32.2 Å². The van der Waals surface area contributed by atoms with Crippen LogP contribution in [0.5, 0.6) is 0 Å². The molecule has 0 bridgehead atoms. The van der Waals surface area contributed by atoms with Crippen molar-refractivity contribution in [3.05, 3.63) is 69.7 Å². The Morgan fingerprint density at radius 3 is 2.55 bits per heavy atom. The number of nitrogens with one attached hydrogen (secondary N) is 1. The first kappa shape index (κ1) is 15.2. The van der Waals surface area contributed by atoms with Crippen molar-refractivity contribution in [2.75, 3.05) is 0 Å². The topological polar surface area (TPSA) is 38.0 Å². The average Bonchev–Trinajstić information content (AvgIpc) is 2.43. The van der Waals surface area contributed by atoms with Crippen molar-refractivity contribution in [1.29, 1.82) is 0 Å². The van der Waals surface area contributed by atoms with E-state index < -0.39 is 0 Å². The van der Waals surface area contributed by atoms with Gasteiger partial charge in [0.15, 0.2) is 0 Å². The van der Waals surface area contributed by atoms with E-state index in [4.69, 9.17) is 5.84 Å². The van der Waals surface area contributed by atoms with Crippen LogP contribution < -0.4 is 11.3 Å². The van der Waals surface area contributed by atoms with Crippen LogP contribution >= 0.6 is 15.9 Å². The van der Waals surface area contributed by atoms with E-state index in [1.807, 2.05) is 0 Å². The third-order valence-electron chi connectivity index (χ3n) is 3.47. The third-order valence-corrected chi connectivity index (χ3v) is 3.93. The highest BCUT2D eigenvalue weighted by Crippen LogP contribution is 2.24. The molecule has 1 unspecified atom stereocenters. The molecule has 3 heteroatoms. The highest BCUT2D eigenvalue weighted by molar-refractivity contribution is 9.10. The minimum atomic E-state index is 0.204. The molecule has 0 aromatic heterocycles. The summed E-state index contributed by atoms with van der Waals surface area (Å²) >= 11 is 3.55. The lowest BCUT2D eigenvalue weighted by molar-refractivity contribution is 0.498. The smallest absolute Gasteiger partial charge is 0.0460 e. The van der Waals surface area contributed by atoms with Crippen molar-refractivity contribution in [3.63, 3.8) is 0 Å². The van der Waals surface area contributed by atoms with Crippen molar-refractivity contribution >= 4 is 15.9 Å². The van der Waals surface area contributed by atoms with Crippen molar-refractivity contribution in [2.24, 2.45) is 5.84 Å². The minimum Gasteiger partial charge on any atom is -0.271 e. The molecule has 2 aromatic carbocycles. The molecule has 0 amide bonds. The van der Waals surface area contributed by atoms with Crippen LogP contribution in [0.1, 0.15) is 35.6 Å². The van der Waals surface area contributed by atoms with Crippen LogP contribution in [-0.4, -0.2) is 0 Å². The van der Waals surface area contributed by atoms with E-state index in [0.717, 1.165) is 23.7 Å². The first-order valence-corrected chi connectivity index (χ1v) is 7.75. The summed E-state index contributed by atoms with van der Waals surface area (Å²) in [7, 11) is 0. The second kappa shape index (κ2) is 7.58. The first-order valence-electron chi connectivity index (χ1n) is 6.96. The predicted octanol–water partition coefficient (Wildman–Crippen LogP) is 4.28. The van der Waals surface area contributed by atoms with Crippen LogP contribution in [-0.2, 0) is 6.42 Å². The standard InChI is InChI=1S/C17H21BrN2/c1-13-10-15(12-16(18)11-13)17(20-19)9-5-8-14-6-3-2-4-7-14/h2-4,6-7,10-12,17,20H,5,8-9,19H2,1H3. The lowest BCUT2D eigenvalue weighted by atomic mass is 9.98. The molecule has 2 rings (SSSR count). The fraction of sp³-hybridized carbons (Fsp3) is 0.294. The summed E-state index contributed by atoms with van der Waals surface area (Å²) < 4.78 is 1.11. The Balaban J connectivity index is 1.95. The van der Waals surface area contributed by atoms with Gasteiger partial charge in [-0.1, -0.05) is 52.3 Å². The van der Waals surface area contributed by atoms with Gasteiger partial charge in [0, 0.05) is 10.5 Å². The molecule has 0 aliphatic carbocycles. The van der Waals surface area contributed by atoms with Gasteiger partial charge in [0.1, 0.15) is 0 Å². The molecular formula is C17H21BrN2. The molecule has 0 heterocycles. The number of hydrogen-bond acceptors (Lipinski definition) is 2. The summed E-state index contributed by atoms with van der Waals surface area (Å²) in [5, 5.41) is 0. The van der Waals surface area contributed by atoms with Crippen molar-refractivity contribution < 1.29 is 0 Å². The zero-order valence-corrected chi connectivity index (χ0v) is 13.4. The molecule has 2 aromatic rings. The van der Waals surface area contributed by atoms with Gasteiger partial charge >= 0.3 is 0 Å².